The molecule has 0 fully saturated rings. The number of rotatable bonds is 3. The molecule has 4 amide bonds. The summed E-state index contributed by atoms with van der Waals surface area (Å²) in [6.07, 6.45) is 0. The largest absolute Gasteiger partial charge is 0.342 e. The highest BCUT2D eigenvalue weighted by atomic mass is 28.3. The molecule has 0 aliphatic rings. The predicted molar refractivity (Wildman–Crippen MR) is 76.3 cm³/mol. The molecule has 7 heteroatoms. The predicted octanol–water partition coefficient (Wildman–Crippen LogP) is -0.0758. The Labute approximate surface area is 115 Å². The molecule has 0 aromatic heterocycles. The van der Waals surface area contributed by atoms with E-state index < -0.39 is 9.12 Å². The molecular weight excluding hydrogens is 260 g/mol. The van der Waals surface area contributed by atoms with Gasteiger partial charge in [0, 0.05) is 28.2 Å². The highest BCUT2D eigenvalue weighted by Gasteiger charge is 2.32. The fourth-order valence-electron chi connectivity index (χ4n) is 1.73. The molecule has 0 aliphatic carbocycles. The molecule has 0 spiro atoms. The van der Waals surface area contributed by atoms with E-state index in [1.165, 1.54) is 0 Å². The molecule has 2 N–H and O–H groups in total. The van der Waals surface area contributed by atoms with Gasteiger partial charge in [0.15, 0.2) is 0 Å². The Hall–Kier alpha value is -2.02. The topological polar surface area (TPSA) is 64.7 Å². The summed E-state index contributed by atoms with van der Waals surface area (Å²) >= 11 is 0. The van der Waals surface area contributed by atoms with E-state index in [0.717, 1.165) is 5.19 Å². The fraction of sp³-hybridized carbons (Fsp3) is 0.333. The van der Waals surface area contributed by atoms with Crippen molar-refractivity contribution < 1.29 is 9.59 Å². The number of carbonyl (C=O) groups excluding carboxylic acids is 2. The number of hydrogen-bond donors (Lipinski definition) is 2. The van der Waals surface area contributed by atoms with E-state index in [1.54, 1.807) is 37.3 Å². The number of nitrogens with zero attached hydrogens (tertiary/aromatic N) is 2. The van der Waals surface area contributed by atoms with Gasteiger partial charge in [0.05, 0.1) is 0 Å². The summed E-state index contributed by atoms with van der Waals surface area (Å²) in [6.45, 7) is 0. The van der Waals surface area contributed by atoms with E-state index in [-0.39, 0.29) is 12.1 Å². The molecule has 0 heterocycles. The molecule has 1 radical (unpaired) electrons. The Bertz CT molecular complexity index is 419. The highest BCUT2D eigenvalue weighted by Crippen LogP contribution is 2.00. The molecule has 0 unspecified atom stereocenters. The maximum absolute atomic E-state index is 11.8. The third-order valence-corrected chi connectivity index (χ3v) is 5.23. The molecule has 0 aliphatic heterocycles. The first-order valence-corrected chi connectivity index (χ1v) is 7.25. The summed E-state index contributed by atoms with van der Waals surface area (Å²) in [7, 11) is 4.88. The number of urea groups is 2. The summed E-state index contributed by atoms with van der Waals surface area (Å²) in [5.41, 5.74) is 0. The molecule has 6 nitrogen and oxygen atoms in total. The van der Waals surface area contributed by atoms with Gasteiger partial charge < -0.3 is 19.8 Å². The van der Waals surface area contributed by atoms with Crippen LogP contribution in [0.3, 0.4) is 0 Å². The highest BCUT2D eigenvalue weighted by molar-refractivity contribution is 6.72. The van der Waals surface area contributed by atoms with Crippen molar-refractivity contribution in [2.24, 2.45) is 0 Å². The Morgan fingerprint density at radius 2 is 1.37 bits per heavy atom. The van der Waals surface area contributed by atoms with Crippen LogP contribution in [0.2, 0.25) is 0 Å². The van der Waals surface area contributed by atoms with Crippen molar-refractivity contribution in [3.8, 4) is 0 Å². The standard InChI is InChI=1S/C12H19N4O2Si/c1-13-11(17)15(3)19(16(4)12(18)14-2)10-8-6-5-7-9-10/h5-9H,1-4H3,(H,13,17)(H,14,18). The molecule has 1 rings (SSSR count). The normalized spacial score (nSPS) is 9.95. The summed E-state index contributed by atoms with van der Waals surface area (Å²) in [6, 6.07) is 9.12. The first kappa shape index (κ1) is 15.0. The lowest BCUT2D eigenvalue weighted by atomic mass is 10.4. The lowest BCUT2D eigenvalue weighted by Gasteiger charge is -2.32. The zero-order valence-corrected chi connectivity index (χ0v) is 12.6. The van der Waals surface area contributed by atoms with Gasteiger partial charge in [0.1, 0.15) is 0 Å². The Balaban J connectivity index is 3.11. The van der Waals surface area contributed by atoms with E-state index in [0.29, 0.717) is 0 Å². The molecule has 1 aromatic carbocycles. The minimum Gasteiger partial charge on any atom is -0.342 e. The van der Waals surface area contributed by atoms with Crippen LogP contribution in [0.1, 0.15) is 0 Å². The van der Waals surface area contributed by atoms with Gasteiger partial charge in [-0.3, -0.25) is 0 Å². The van der Waals surface area contributed by atoms with Crippen LogP contribution in [-0.4, -0.2) is 58.5 Å². The second kappa shape index (κ2) is 6.79. The van der Waals surface area contributed by atoms with Gasteiger partial charge in [0.2, 0.25) is 0 Å². The average molecular weight is 279 g/mol. The van der Waals surface area contributed by atoms with Crippen LogP contribution in [0.15, 0.2) is 30.3 Å². The Morgan fingerprint density at radius 3 is 1.74 bits per heavy atom. The monoisotopic (exact) mass is 279 g/mol. The van der Waals surface area contributed by atoms with Crippen LogP contribution in [0, 0.1) is 0 Å². The molecule has 0 atom stereocenters. The minimum absolute atomic E-state index is 0.214. The van der Waals surface area contributed by atoms with Gasteiger partial charge in [-0.2, -0.15) is 0 Å². The van der Waals surface area contributed by atoms with E-state index in [1.807, 2.05) is 30.3 Å². The summed E-state index contributed by atoms with van der Waals surface area (Å²) in [4.78, 5) is 23.6. The van der Waals surface area contributed by atoms with Crippen molar-refractivity contribution >= 4 is 26.4 Å². The van der Waals surface area contributed by atoms with Crippen LogP contribution in [0.4, 0.5) is 9.59 Å². The Morgan fingerprint density at radius 1 is 0.947 bits per heavy atom. The zero-order valence-electron chi connectivity index (χ0n) is 11.6. The van der Waals surface area contributed by atoms with Crippen LogP contribution >= 0.6 is 0 Å². The molecular formula is C12H19N4O2Si. The van der Waals surface area contributed by atoms with Gasteiger partial charge in [-0.15, -0.1) is 0 Å². The third kappa shape index (κ3) is 3.47. The number of nitrogens with one attached hydrogen (secondary N) is 2. The SMILES string of the molecule is CNC(=O)N(C)[Si](c1ccccc1)N(C)C(=O)NC. The molecule has 0 saturated carbocycles. The van der Waals surface area contributed by atoms with E-state index in [9.17, 15) is 9.59 Å². The van der Waals surface area contributed by atoms with Crippen LogP contribution in [-0.2, 0) is 0 Å². The summed E-state index contributed by atoms with van der Waals surface area (Å²) < 4.78 is 3.16. The van der Waals surface area contributed by atoms with Gasteiger partial charge >= 0.3 is 21.2 Å². The molecule has 1 aromatic rings. The second-order valence-corrected chi connectivity index (χ2v) is 6.48. The molecule has 103 valence electrons. The quantitative estimate of drug-likeness (QED) is 0.760. The second-order valence-electron chi connectivity index (χ2n) is 3.92. The van der Waals surface area contributed by atoms with Crippen LogP contribution in [0.5, 0.6) is 0 Å². The van der Waals surface area contributed by atoms with E-state index in [4.69, 9.17) is 0 Å². The third-order valence-electron chi connectivity index (χ3n) is 2.70. The van der Waals surface area contributed by atoms with Crippen molar-refractivity contribution in [2.45, 2.75) is 0 Å². The Kier molecular flexibility index (Phi) is 5.37. The summed E-state index contributed by atoms with van der Waals surface area (Å²) in [5, 5.41) is 6.12. The lowest BCUT2D eigenvalue weighted by Crippen LogP contribution is -2.63. The average Bonchev–Trinajstić information content (AvgIpc) is 2.46. The summed E-state index contributed by atoms with van der Waals surface area (Å²) in [5.74, 6) is 0. The maximum atomic E-state index is 11.8. The lowest BCUT2D eigenvalue weighted by molar-refractivity contribution is 0.221. The van der Waals surface area contributed by atoms with Crippen molar-refractivity contribution in [1.29, 1.82) is 0 Å². The molecule has 0 saturated heterocycles. The van der Waals surface area contributed by atoms with Gasteiger partial charge in [-0.05, 0) is 5.19 Å². The van der Waals surface area contributed by atoms with E-state index >= 15 is 0 Å². The van der Waals surface area contributed by atoms with E-state index in [2.05, 4.69) is 10.6 Å². The zero-order chi connectivity index (χ0) is 14.4. The van der Waals surface area contributed by atoms with Crippen LogP contribution in [0.25, 0.3) is 0 Å². The number of carbonyl (C=O) groups is 2. The maximum Gasteiger partial charge on any atom is 0.342 e. The van der Waals surface area contributed by atoms with Gasteiger partial charge in [-0.25, -0.2) is 9.59 Å². The number of amides is 4. The molecule has 19 heavy (non-hydrogen) atoms. The van der Waals surface area contributed by atoms with Crippen molar-refractivity contribution in [1.82, 2.24) is 19.8 Å². The first-order chi connectivity index (χ1) is 9.02. The van der Waals surface area contributed by atoms with Crippen molar-refractivity contribution in [3.63, 3.8) is 0 Å². The number of hydrogen-bond acceptors (Lipinski definition) is 2. The van der Waals surface area contributed by atoms with Gasteiger partial charge in [-0.1, -0.05) is 30.3 Å². The smallest absolute Gasteiger partial charge is 0.342 e. The van der Waals surface area contributed by atoms with Crippen molar-refractivity contribution in [3.05, 3.63) is 30.3 Å². The van der Waals surface area contributed by atoms with Crippen molar-refractivity contribution in [2.75, 3.05) is 28.2 Å². The van der Waals surface area contributed by atoms with Crippen LogP contribution < -0.4 is 15.8 Å². The van der Waals surface area contributed by atoms with Gasteiger partial charge in [0.25, 0.3) is 0 Å². The number of benzene rings is 1. The molecule has 0 bridgehead atoms. The first-order valence-electron chi connectivity index (χ1n) is 5.86. The fourth-order valence-corrected chi connectivity index (χ4v) is 4.05. The minimum atomic E-state index is -1.66.